The molecule has 0 saturated carbocycles. The number of ether oxygens (including phenoxy) is 2. The zero-order chi connectivity index (χ0) is 19.9. The number of fused-ring (bicyclic) bond motifs is 9. The number of benzene rings is 5. The van der Waals surface area contributed by atoms with E-state index in [0.29, 0.717) is 13.2 Å². The molecule has 0 aromatic heterocycles. The highest BCUT2D eigenvalue weighted by Crippen LogP contribution is 2.46. The van der Waals surface area contributed by atoms with Gasteiger partial charge in [0.2, 0.25) is 0 Å². The maximum absolute atomic E-state index is 6.42. The van der Waals surface area contributed by atoms with Gasteiger partial charge in [-0.2, -0.15) is 0 Å². The molecule has 2 nitrogen and oxygen atoms in total. The molecule has 1 aliphatic heterocycles. The van der Waals surface area contributed by atoms with E-state index in [1.807, 2.05) is 0 Å². The molecule has 2 heteroatoms. The Labute approximate surface area is 175 Å². The van der Waals surface area contributed by atoms with Gasteiger partial charge in [0.05, 0.1) is 0 Å². The van der Waals surface area contributed by atoms with Crippen molar-refractivity contribution in [3.05, 3.63) is 108 Å². The van der Waals surface area contributed by atoms with Gasteiger partial charge in [-0.1, -0.05) is 78.9 Å². The minimum Gasteiger partial charge on any atom is -0.488 e. The first-order valence-electron chi connectivity index (χ1n) is 10.2. The van der Waals surface area contributed by atoms with E-state index in [2.05, 4.69) is 97.1 Å². The molecule has 2 bridgehead atoms. The molecule has 1 aliphatic rings. The Kier molecular flexibility index (Phi) is 3.95. The summed E-state index contributed by atoms with van der Waals surface area (Å²) >= 11 is 0. The molecule has 5 aromatic carbocycles. The smallest absolute Gasteiger partial charge is 0.128 e. The van der Waals surface area contributed by atoms with Gasteiger partial charge in [-0.05, 0) is 50.9 Å². The molecule has 0 atom stereocenters. The van der Waals surface area contributed by atoms with Crippen LogP contribution in [0.5, 0.6) is 11.5 Å². The topological polar surface area (TPSA) is 18.5 Å². The van der Waals surface area contributed by atoms with Gasteiger partial charge >= 0.3 is 0 Å². The number of rotatable bonds is 0. The Bertz CT molecular complexity index is 1300. The lowest BCUT2D eigenvalue weighted by Crippen LogP contribution is -1.98. The maximum Gasteiger partial charge on any atom is 0.128 e. The monoisotopic (exact) mass is 388 g/mol. The second kappa shape index (κ2) is 6.93. The first-order valence-corrected chi connectivity index (χ1v) is 10.2. The van der Waals surface area contributed by atoms with Crippen molar-refractivity contribution in [2.24, 2.45) is 0 Å². The average Bonchev–Trinajstić information content (AvgIpc) is 2.82. The Balaban J connectivity index is 1.72. The largest absolute Gasteiger partial charge is 0.488 e. The Morgan fingerprint density at radius 2 is 0.967 bits per heavy atom. The summed E-state index contributed by atoms with van der Waals surface area (Å²) in [6.45, 7) is 1.05. The van der Waals surface area contributed by atoms with Crippen LogP contribution in [0.15, 0.2) is 97.1 Å². The summed E-state index contributed by atoms with van der Waals surface area (Å²) in [7, 11) is 0. The number of hydrogen-bond donors (Lipinski definition) is 0. The summed E-state index contributed by atoms with van der Waals surface area (Å²) in [5.41, 5.74) is 4.47. The molecule has 0 N–H and O–H groups in total. The van der Waals surface area contributed by atoms with E-state index in [4.69, 9.17) is 9.47 Å². The molecule has 0 radical (unpaired) electrons. The van der Waals surface area contributed by atoms with Crippen molar-refractivity contribution in [2.45, 2.75) is 13.2 Å². The van der Waals surface area contributed by atoms with Crippen molar-refractivity contribution in [2.75, 3.05) is 0 Å². The fraction of sp³-hybridized carbons (Fsp3) is 0.0714. The second-order valence-corrected chi connectivity index (χ2v) is 7.72. The van der Waals surface area contributed by atoms with Crippen molar-refractivity contribution in [3.8, 4) is 22.6 Å². The first-order chi connectivity index (χ1) is 14.9. The maximum atomic E-state index is 6.42. The summed E-state index contributed by atoms with van der Waals surface area (Å²) in [6, 6.07) is 33.8. The van der Waals surface area contributed by atoms with Gasteiger partial charge in [0, 0.05) is 11.1 Å². The highest BCUT2D eigenvalue weighted by molar-refractivity contribution is 6.09. The Morgan fingerprint density at radius 3 is 1.50 bits per heavy atom. The number of hydrogen-bond acceptors (Lipinski definition) is 2. The third-order valence-corrected chi connectivity index (χ3v) is 5.81. The summed E-state index contributed by atoms with van der Waals surface area (Å²) in [5.74, 6) is 1.75. The van der Waals surface area contributed by atoms with E-state index in [-0.39, 0.29) is 0 Å². The second-order valence-electron chi connectivity index (χ2n) is 7.72. The molecule has 0 amide bonds. The van der Waals surface area contributed by atoms with Gasteiger partial charge in [0.1, 0.15) is 24.7 Å². The molecule has 0 spiro atoms. The normalized spacial score (nSPS) is 12.9. The van der Waals surface area contributed by atoms with Crippen molar-refractivity contribution >= 4 is 21.5 Å². The van der Waals surface area contributed by atoms with E-state index in [0.717, 1.165) is 33.8 Å². The summed E-state index contributed by atoms with van der Waals surface area (Å²) < 4.78 is 12.8. The zero-order valence-corrected chi connectivity index (χ0v) is 16.5. The minimum absolute atomic E-state index is 0.527. The quantitative estimate of drug-likeness (QED) is 0.281. The van der Waals surface area contributed by atoms with Crippen molar-refractivity contribution in [1.82, 2.24) is 0 Å². The van der Waals surface area contributed by atoms with Gasteiger partial charge in [0.25, 0.3) is 0 Å². The Hall–Kier alpha value is -3.78. The SMILES string of the molecule is c1cc2cc(c1)COc1ccc3ccccc3c1-c1c(ccc3ccccc13)OC2. The molecular formula is C28H20O2. The molecule has 144 valence electrons. The van der Waals surface area contributed by atoms with Crippen molar-refractivity contribution < 1.29 is 9.47 Å². The van der Waals surface area contributed by atoms with Gasteiger partial charge < -0.3 is 9.47 Å². The van der Waals surface area contributed by atoms with E-state index >= 15 is 0 Å². The summed E-state index contributed by atoms with van der Waals surface area (Å²) in [5, 5.41) is 4.72. The molecule has 0 fully saturated rings. The van der Waals surface area contributed by atoms with Crippen LogP contribution < -0.4 is 9.47 Å². The van der Waals surface area contributed by atoms with E-state index < -0.39 is 0 Å². The van der Waals surface area contributed by atoms with Crippen LogP contribution in [-0.4, -0.2) is 0 Å². The average molecular weight is 388 g/mol. The van der Waals surface area contributed by atoms with Crippen LogP contribution in [-0.2, 0) is 13.2 Å². The van der Waals surface area contributed by atoms with Crippen molar-refractivity contribution in [3.63, 3.8) is 0 Å². The van der Waals surface area contributed by atoms with E-state index in [1.165, 1.54) is 21.5 Å². The van der Waals surface area contributed by atoms with Crippen LogP contribution >= 0.6 is 0 Å². The standard InChI is InChI=1S/C28H20O2/c1-3-10-23-21(8-1)12-14-25-27(23)28-24-11-4-2-9-22(24)13-15-26(28)30-18-20-7-5-6-19(16-20)17-29-25/h1-16H,17-18H2. The van der Waals surface area contributed by atoms with Crippen LogP contribution in [0.25, 0.3) is 32.7 Å². The lowest BCUT2D eigenvalue weighted by molar-refractivity contribution is 0.306. The van der Waals surface area contributed by atoms with Gasteiger partial charge in [-0.15, -0.1) is 0 Å². The van der Waals surface area contributed by atoms with Gasteiger partial charge in [-0.25, -0.2) is 0 Å². The van der Waals surface area contributed by atoms with Crippen LogP contribution in [0.2, 0.25) is 0 Å². The van der Waals surface area contributed by atoms with Crippen LogP contribution in [0.3, 0.4) is 0 Å². The predicted molar refractivity (Wildman–Crippen MR) is 122 cm³/mol. The molecule has 30 heavy (non-hydrogen) atoms. The molecule has 6 rings (SSSR count). The minimum atomic E-state index is 0.527. The van der Waals surface area contributed by atoms with Gasteiger partial charge in [0.15, 0.2) is 0 Å². The lowest BCUT2D eigenvalue weighted by atomic mass is 9.92. The van der Waals surface area contributed by atoms with Crippen LogP contribution in [0.1, 0.15) is 11.1 Å². The van der Waals surface area contributed by atoms with E-state index in [1.54, 1.807) is 0 Å². The van der Waals surface area contributed by atoms with Crippen LogP contribution in [0, 0.1) is 0 Å². The fourth-order valence-electron chi connectivity index (χ4n) is 4.39. The van der Waals surface area contributed by atoms with E-state index in [9.17, 15) is 0 Å². The summed E-state index contributed by atoms with van der Waals surface area (Å²) in [4.78, 5) is 0. The molecule has 5 aromatic rings. The first kappa shape index (κ1) is 17.1. The van der Waals surface area contributed by atoms with Crippen molar-refractivity contribution in [1.29, 1.82) is 0 Å². The fourth-order valence-corrected chi connectivity index (χ4v) is 4.39. The predicted octanol–water partition coefficient (Wildman–Crippen LogP) is 7.13. The molecular weight excluding hydrogens is 368 g/mol. The molecule has 0 unspecified atom stereocenters. The zero-order valence-electron chi connectivity index (χ0n) is 16.5. The third kappa shape index (κ3) is 2.81. The van der Waals surface area contributed by atoms with Gasteiger partial charge in [-0.3, -0.25) is 0 Å². The highest BCUT2D eigenvalue weighted by atomic mass is 16.5. The molecule has 0 saturated heterocycles. The molecule has 0 aliphatic carbocycles. The van der Waals surface area contributed by atoms with Crippen LogP contribution in [0.4, 0.5) is 0 Å². The summed E-state index contributed by atoms with van der Waals surface area (Å²) in [6.07, 6.45) is 0. The Morgan fingerprint density at radius 1 is 0.467 bits per heavy atom. The molecule has 1 heterocycles. The lowest BCUT2D eigenvalue weighted by Gasteiger charge is -2.19. The third-order valence-electron chi connectivity index (χ3n) is 5.81. The highest BCUT2D eigenvalue weighted by Gasteiger charge is 2.19.